The van der Waals surface area contributed by atoms with E-state index in [0.29, 0.717) is 22.7 Å². The molecule has 31 heavy (non-hydrogen) atoms. The molecule has 1 aliphatic carbocycles. The molecule has 2 aromatic rings. The normalized spacial score (nSPS) is 19.2. The van der Waals surface area contributed by atoms with E-state index < -0.39 is 5.95 Å². The number of fused-ring (bicyclic) bond motifs is 1. The summed E-state index contributed by atoms with van der Waals surface area (Å²) in [6.45, 7) is 5.93. The molecule has 1 aliphatic heterocycles. The fourth-order valence-electron chi connectivity index (χ4n) is 4.73. The molecule has 0 radical (unpaired) electrons. The maximum absolute atomic E-state index is 13.0. The molecule has 2 N–H and O–H groups in total. The van der Waals surface area contributed by atoms with Gasteiger partial charge in [-0.15, -0.1) is 23.7 Å². The maximum Gasteiger partial charge on any atom is 0.255 e. The highest BCUT2D eigenvalue weighted by molar-refractivity contribution is 7.15. The molecule has 0 aromatic carbocycles. The van der Waals surface area contributed by atoms with Crippen LogP contribution in [0.15, 0.2) is 18.3 Å². The molecule has 6 nitrogen and oxygen atoms in total. The summed E-state index contributed by atoms with van der Waals surface area (Å²) in [5.41, 5.74) is 7.58. The Morgan fingerprint density at radius 2 is 2.10 bits per heavy atom. The van der Waals surface area contributed by atoms with E-state index in [1.54, 1.807) is 11.3 Å². The number of rotatable bonds is 6. The third-order valence-electron chi connectivity index (χ3n) is 6.33. The number of hydrogen-bond donors (Lipinski definition) is 1. The Bertz CT molecular complexity index is 869. The summed E-state index contributed by atoms with van der Waals surface area (Å²) >= 11 is 1.65. The van der Waals surface area contributed by atoms with Crippen molar-refractivity contribution in [3.8, 4) is 0 Å². The molecule has 1 fully saturated rings. The molecular weight excluding hydrogens is 437 g/mol. The topological polar surface area (TPSA) is 75.3 Å². The number of carbonyl (C=O) groups is 1. The van der Waals surface area contributed by atoms with Gasteiger partial charge in [-0.05, 0) is 63.1 Å². The highest BCUT2D eigenvalue weighted by Crippen LogP contribution is 2.31. The van der Waals surface area contributed by atoms with Gasteiger partial charge in [0.1, 0.15) is 0 Å². The van der Waals surface area contributed by atoms with Crippen LogP contribution < -0.4 is 5.73 Å². The number of nitrogen functional groups attached to an aromatic ring is 1. The first kappa shape index (κ1) is 23.9. The zero-order valence-corrected chi connectivity index (χ0v) is 19.6. The van der Waals surface area contributed by atoms with Crippen molar-refractivity contribution in [2.45, 2.75) is 51.5 Å². The predicted molar refractivity (Wildman–Crippen MR) is 124 cm³/mol. The van der Waals surface area contributed by atoms with Crippen molar-refractivity contribution in [1.29, 1.82) is 0 Å². The van der Waals surface area contributed by atoms with E-state index in [1.807, 2.05) is 4.90 Å². The standard InChI is InChI=1S/C22H30FN5OS.ClH/c1-2-9-28(17-4-5-18-19(12-17)30-22(24)26-18)14-15-7-10-27(11-8-15)21(29)16-3-6-20(23)25-13-16;/h3,6,13,15,17H,2,4-5,7-12,14H2,1H3,(H2,24,26);1H/t17-;/m0./s1. The molecule has 170 valence electrons. The van der Waals surface area contributed by atoms with Gasteiger partial charge < -0.3 is 10.6 Å². The van der Waals surface area contributed by atoms with E-state index in [1.165, 1.54) is 28.9 Å². The molecule has 0 spiro atoms. The van der Waals surface area contributed by atoms with Crippen LogP contribution in [0.2, 0.25) is 0 Å². The van der Waals surface area contributed by atoms with E-state index in [2.05, 4.69) is 21.8 Å². The van der Waals surface area contributed by atoms with E-state index in [0.717, 1.165) is 64.7 Å². The Morgan fingerprint density at radius 3 is 2.77 bits per heavy atom. The number of nitrogens with zero attached hydrogens (tertiary/aromatic N) is 4. The number of likely N-dealkylation sites (tertiary alicyclic amines) is 1. The minimum absolute atomic E-state index is 0. The molecule has 0 bridgehead atoms. The van der Waals surface area contributed by atoms with Crippen molar-refractivity contribution in [2.24, 2.45) is 5.92 Å². The summed E-state index contributed by atoms with van der Waals surface area (Å²) < 4.78 is 13.0. The summed E-state index contributed by atoms with van der Waals surface area (Å²) in [5, 5.41) is 0.691. The summed E-state index contributed by atoms with van der Waals surface area (Å²) in [6, 6.07) is 3.32. The van der Waals surface area contributed by atoms with Crippen molar-refractivity contribution in [1.82, 2.24) is 19.8 Å². The van der Waals surface area contributed by atoms with Gasteiger partial charge in [0.25, 0.3) is 5.91 Å². The Balaban J connectivity index is 0.00000272. The zero-order valence-electron chi connectivity index (χ0n) is 17.9. The molecule has 0 saturated carbocycles. The average molecular weight is 468 g/mol. The number of amides is 1. The lowest BCUT2D eigenvalue weighted by Crippen LogP contribution is -2.45. The van der Waals surface area contributed by atoms with Gasteiger partial charge in [-0.1, -0.05) is 6.92 Å². The number of carbonyl (C=O) groups excluding carboxylic acids is 1. The van der Waals surface area contributed by atoms with Crippen LogP contribution in [-0.4, -0.2) is 57.9 Å². The summed E-state index contributed by atoms with van der Waals surface area (Å²) in [6.07, 6.45) is 7.70. The molecule has 3 heterocycles. The highest BCUT2D eigenvalue weighted by Gasteiger charge is 2.30. The maximum atomic E-state index is 13.0. The first-order chi connectivity index (χ1) is 14.5. The van der Waals surface area contributed by atoms with E-state index >= 15 is 0 Å². The van der Waals surface area contributed by atoms with Crippen LogP contribution in [0.3, 0.4) is 0 Å². The van der Waals surface area contributed by atoms with Crippen molar-refractivity contribution < 1.29 is 9.18 Å². The lowest BCUT2D eigenvalue weighted by atomic mass is 9.92. The molecule has 0 unspecified atom stereocenters. The summed E-state index contributed by atoms with van der Waals surface area (Å²) in [4.78, 5) is 26.6. The van der Waals surface area contributed by atoms with Crippen molar-refractivity contribution >= 4 is 34.8 Å². The van der Waals surface area contributed by atoms with Crippen LogP contribution in [0.5, 0.6) is 0 Å². The molecule has 1 saturated heterocycles. The second kappa shape index (κ2) is 10.7. The summed E-state index contributed by atoms with van der Waals surface area (Å²) in [7, 11) is 0. The lowest BCUT2D eigenvalue weighted by Gasteiger charge is -2.39. The summed E-state index contributed by atoms with van der Waals surface area (Å²) in [5.74, 6) is -0.00838. The van der Waals surface area contributed by atoms with Crippen LogP contribution in [-0.2, 0) is 12.8 Å². The van der Waals surface area contributed by atoms with E-state index in [-0.39, 0.29) is 18.3 Å². The fraction of sp³-hybridized carbons (Fsp3) is 0.591. The van der Waals surface area contributed by atoms with Crippen molar-refractivity contribution in [3.63, 3.8) is 0 Å². The second-order valence-corrected chi connectivity index (χ2v) is 9.53. The van der Waals surface area contributed by atoms with Gasteiger partial charge in [0, 0.05) is 36.8 Å². The van der Waals surface area contributed by atoms with Gasteiger partial charge in [-0.2, -0.15) is 4.39 Å². The lowest BCUT2D eigenvalue weighted by molar-refractivity contribution is 0.0642. The minimum Gasteiger partial charge on any atom is -0.375 e. The predicted octanol–water partition coefficient (Wildman–Crippen LogP) is 3.80. The van der Waals surface area contributed by atoms with Gasteiger partial charge in [0.2, 0.25) is 5.95 Å². The zero-order chi connectivity index (χ0) is 21.1. The van der Waals surface area contributed by atoms with Gasteiger partial charge in [-0.3, -0.25) is 9.69 Å². The largest absolute Gasteiger partial charge is 0.375 e. The molecule has 2 aliphatic rings. The number of piperidine rings is 1. The Labute approximate surface area is 193 Å². The number of hydrogen-bond acceptors (Lipinski definition) is 6. The number of thiazole rings is 1. The number of pyridine rings is 1. The van der Waals surface area contributed by atoms with Crippen molar-refractivity contribution in [3.05, 3.63) is 40.4 Å². The van der Waals surface area contributed by atoms with Crippen LogP contribution in [0, 0.1) is 11.9 Å². The van der Waals surface area contributed by atoms with Gasteiger partial charge in [0.05, 0.1) is 11.3 Å². The molecular formula is C22H31ClFN5OS. The van der Waals surface area contributed by atoms with Crippen LogP contribution in [0.1, 0.15) is 53.5 Å². The molecule has 1 amide bonds. The van der Waals surface area contributed by atoms with E-state index in [9.17, 15) is 9.18 Å². The quantitative estimate of drug-likeness (QED) is 0.654. The van der Waals surface area contributed by atoms with Gasteiger partial charge in [0.15, 0.2) is 5.13 Å². The average Bonchev–Trinajstić information content (AvgIpc) is 3.13. The van der Waals surface area contributed by atoms with Crippen LogP contribution in [0.25, 0.3) is 0 Å². The monoisotopic (exact) mass is 467 g/mol. The molecule has 4 rings (SSSR count). The third kappa shape index (κ3) is 5.73. The smallest absolute Gasteiger partial charge is 0.255 e. The van der Waals surface area contributed by atoms with E-state index in [4.69, 9.17) is 5.73 Å². The Hall–Kier alpha value is -1.77. The number of halogens is 2. The highest BCUT2D eigenvalue weighted by atomic mass is 35.5. The molecule has 1 atom stereocenters. The first-order valence-corrected chi connectivity index (χ1v) is 11.7. The van der Waals surface area contributed by atoms with Crippen molar-refractivity contribution in [2.75, 3.05) is 31.9 Å². The molecule has 2 aromatic heterocycles. The fourth-order valence-corrected chi connectivity index (χ4v) is 5.68. The van der Waals surface area contributed by atoms with Gasteiger partial charge in [-0.25, -0.2) is 9.97 Å². The first-order valence-electron chi connectivity index (χ1n) is 10.9. The number of nitrogens with two attached hydrogens (primary N) is 1. The van der Waals surface area contributed by atoms with Gasteiger partial charge >= 0.3 is 0 Å². The minimum atomic E-state index is -0.558. The second-order valence-electron chi connectivity index (χ2n) is 8.42. The number of aromatic nitrogens is 2. The molecule has 9 heteroatoms. The number of anilines is 1. The van der Waals surface area contributed by atoms with Crippen LogP contribution >= 0.6 is 23.7 Å². The third-order valence-corrected chi connectivity index (χ3v) is 7.28. The van der Waals surface area contributed by atoms with Crippen LogP contribution in [0.4, 0.5) is 9.52 Å². The number of aryl methyl sites for hydroxylation is 1. The Morgan fingerprint density at radius 1 is 1.32 bits per heavy atom. The SMILES string of the molecule is CCCN(CC1CCN(C(=O)c2ccc(F)nc2)CC1)[C@H]1CCc2nc(N)sc2C1.Cl. The Kier molecular flexibility index (Phi) is 8.24.